The number of rotatable bonds is 0. The minimum Gasteiger partial charge on any atom is -0.489 e. The molecule has 86 valence electrons. The molecule has 0 bridgehead atoms. The second-order valence-electron chi connectivity index (χ2n) is 5.16. The first-order chi connectivity index (χ1) is 7.57. The number of fused-ring (bicyclic) bond motifs is 3. The lowest BCUT2D eigenvalue weighted by atomic mass is 9.97. The van der Waals surface area contributed by atoms with Crippen molar-refractivity contribution in [1.82, 2.24) is 0 Å². The standard InChI is InChI=1S/C13H16O3/c1-13(2)7-8-3-4-9-10(14)5-6-15-12(9)11(8)16-13/h3-4,10,14H,5-7H2,1-2H3. The summed E-state index contributed by atoms with van der Waals surface area (Å²) in [4.78, 5) is 0. The molecule has 0 aromatic heterocycles. The van der Waals surface area contributed by atoms with E-state index in [2.05, 4.69) is 13.8 Å². The maximum atomic E-state index is 9.89. The summed E-state index contributed by atoms with van der Waals surface area (Å²) >= 11 is 0. The summed E-state index contributed by atoms with van der Waals surface area (Å²) in [5.41, 5.74) is 1.88. The number of hydrogen-bond donors (Lipinski definition) is 1. The molecule has 2 aliphatic rings. The second kappa shape index (κ2) is 3.14. The fourth-order valence-corrected chi connectivity index (χ4v) is 2.48. The van der Waals surface area contributed by atoms with Crippen LogP contribution in [-0.2, 0) is 6.42 Å². The van der Waals surface area contributed by atoms with Gasteiger partial charge in [-0.15, -0.1) is 0 Å². The van der Waals surface area contributed by atoms with Crippen molar-refractivity contribution in [2.75, 3.05) is 6.61 Å². The summed E-state index contributed by atoms with van der Waals surface area (Å²) in [5, 5.41) is 9.89. The van der Waals surface area contributed by atoms with Crippen LogP contribution in [0.15, 0.2) is 12.1 Å². The highest BCUT2D eigenvalue weighted by atomic mass is 16.5. The quantitative estimate of drug-likeness (QED) is 0.728. The summed E-state index contributed by atoms with van der Waals surface area (Å²) in [6, 6.07) is 4.00. The van der Waals surface area contributed by atoms with Gasteiger partial charge in [0.1, 0.15) is 5.60 Å². The van der Waals surface area contributed by atoms with E-state index in [9.17, 15) is 5.11 Å². The van der Waals surface area contributed by atoms with Gasteiger partial charge in [0.2, 0.25) is 0 Å². The first-order valence-corrected chi connectivity index (χ1v) is 5.72. The van der Waals surface area contributed by atoms with Crippen LogP contribution < -0.4 is 9.47 Å². The number of aliphatic hydroxyl groups is 1. The molecule has 1 N–H and O–H groups in total. The summed E-state index contributed by atoms with van der Waals surface area (Å²) < 4.78 is 11.5. The Bertz CT molecular complexity index is 437. The third-order valence-corrected chi connectivity index (χ3v) is 3.22. The zero-order valence-electron chi connectivity index (χ0n) is 9.62. The Morgan fingerprint density at radius 2 is 2.12 bits per heavy atom. The molecule has 0 spiro atoms. The lowest BCUT2D eigenvalue weighted by Crippen LogP contribution is -2.25. The van der Waals surface area contributed by atoms with Crippen LogP contribution in [0.25, 0.3) is 0 Å². The summed E-state index contributed by atoms with van der Waals surface area (Å²) in [5.74, 6) is 1.59. The SMILES string of the molecule is CC1(C)Cc2ccc3c(c2O1)OCCC3O. The predicted molar refractivity (Wildman–Crippen MR) is 59.9 cm³/mol. The van der Waals surface area contributed by atoms with Gasteiger partial charge in [0.25, 0.3) is 0 Å². The Morgan fingerprint density at radius 1 is 1.31 bits per heavy atom. The third-order valence-electron chi connectivity index (χ3n) is 3.22. The summed E-state index contributed by atoms with van der Waals surface area (Å²) in [7, 11) is 0. The number of aliphatic hydroxyl groups excluding tert-OH is 1. The highest BCUT2D eigenvalue weighted by Crippen LogP contribution is 2.47. The average Bonchev–Trinajstić information content (AvgIpc) is 2.53. The van der Waals surface area contributed by atoms with Gasteiger partial charge in [-0.1, -0.05) is 12.1 Å². The normalized spacial score (nSPS) is 25.3. The van der Waals surface area contributed by atoms with Crippen molar-refractivity contribution in [3.8, 4) is 11.5 Å². The van der Waals surface area contributed by atoms with Crippen LogP contribution in [0, 0.1) is 0 Å². The fourth-order valence-electron chi connectivity index (χ4n) is 2.48. The van der Waals surface area contributed by atoms with Gasteiger partial charge >= 0.3 is 0 Å². The molecule has 0 aliphatic carbocycles. The largest absolute Gasteiger partial charge is 0.489 e. The molecular formula is C13H16O3. The summed E-state index contributed by atoms with van der Waals surface area (Å²) in [6.07, 6.45) is 1.14. The zero-order valence-corrected chi connectivity index (χ0v) is 9.62. The maximum absolute atomic E-state index is 9.89. The Morgan fingerprint density at radius 3 is 2.94 bits per heavy atom. The smallest absolute Gasteiger partial charge is 0.167 e. The van der Waals surface area contributed by atoms with Crippen molar-refractivity contribution < 1.29 is 14.6 Å². The van der Waals surface area contributed by atoms with E-state index in [0.717, 1.165) is 23.5 Å². The molecule has 16 heavy (non-hydrogen) atoms. The molecular weight excluding hydrogens is 204 g/mol. The van der Waals surface area contributed by atoms with Crippen molar-refractivity contribution in [3.63, 3.8) is 0 Å². The molecule has 0 radical (unpaired) electrons. The maximum Gasteiger partial charge on any atom is 0.167 e. The molecule has 0 saturated carbocycles. The van der Waals surface area contributed by atoms with E-state index in [0.29, 0.717) is 13.0 Å². The van der Waals surface area contributed by atoms with Gasteiger partial charge in [-0.25, -0.2) is 0 Å². The highest BCUT2D eigenvalue weighted by molar-refractivity contribution is 5.56. The van der Waals surface area contributed by atoms with Crippen LogP contribution in [0.5, 0.6) is 11.5 Å². The number of benzene rings is 1. The van der Waals surface area contributed by atoms with Crippen LogP contribution in [-0.4, -0.2) is 17.3 Å². The van der Waals surface area contributed by atoms with Gasteiger partial charge in [0.15, 0.2) is 11.5 Å². The van der Waals surface area contributed by atoms with E-state index in [1.165, 1.54) is 5.56 Å². The molecule has 1 unspecified atom stereocenters. The summed E-state index contributed by atoms with van der Waals surface area (Å²) in [6.45, 7) is 4.70. The van der Waals surface area contributed by atoms with Crippen molar-refractivity contribution >= 4 is 0 Å². The van der Waals surface area contributed by atoms with E-state index in [1.54, 1.807) is 0 Å². The Balaban J connectivity index is 2.11. The predicted octanol–water partition coefficient (Wildman–Crippen LogP) is 2.22. The van der Waals surface area contributed by atoms with Gasteiger partial charge in [0.05, 0.1) is 12.7 Å². The van der Waals surface area contributed by atoms with Gasteiger partial charge in [0, 0.05) is 24.0 Å². The first kappa shape index (κ1) is 9.97. The Labute approximate surface area is 95.0 Å². The van der Waals surface area contributed by atoms with Crippen molar-refractivity contribution in [2.45, 2.75) is 38.4 Å². The minimum absolute atomic E-state index is 0.163. The van der Waals surface area contributed by atoms with Crippen molar-refractivity contribution in [1.29, 1.82) is 0 Å². The highest BCUT2D eigenvalue weighted by Gasteiger charge is 2.35. The zero-order chi connectivity index (χ0) is 11.3. The third kappa shape index (κ3) is 1.39. The Kier molecular flexibility index (Phi) is 1.96. The molecule has 3 rings (SSSR count). The van der Waals surface area contributed by atoms with Gasteiger partial charge in [-0.2, -0.15) is 0 Å². The number of hydrogen-bond acceptors (Lipinski definition) is 3. The van der Waals surface area contributed by atoms with E-state index in [4.69, 9.17) is 9.47 Å². The van der Waals surface area contributed by atoms with Crippen LogP contribution in [0.1, 0.15) is 37.5 Å². The molecule has 2 heterocycles. The monoisotopic (exact) mass is 220 g/mol. The van der Waals surface area contributed by atoms with Crippen LogP contribution in [0.3, 0.4) is 0 Å². The molecule has 0 saturated heterocycles. The minimum atomic E-state index is -0.415. The molecule has 0 fully saturated rings. The number of ether oxygens (including phenoxy) is 2. The molecule has 3 nitrogen and oxygen atoms in total. The van der Waals surface area contributed by atoms with Crippen molar-refractivity contribution in [3.05, 3.63) is 23.3 Å². The average molecular weight is 220 g/mol. The van der Waals surface area contributed by atoms with Crippen LogP contribution in [0.2, 0.25) is 0 Å². The lowest BCUT2D eigenvalue weighted by Gasteiger charge is -2.24. The van der Waals surface area contributed by atoms with Crippen LogP contribution >= 0.6 is 0 Å². The molecule has 2 aliphatic heterocycles. The Hall–Kier alpha value is -1.22. The first-order valence-electron chi connectivity index (χ1n) is 5.72. The van der Waals surface area contributed by atoms with E-state index >= 15 is 0 Å². The molecule has 1 aromatic carbocycles. The molecule has 3 heteroatoms. The molecule has 1 atom stereocenters. The topological polar surface area (TPSA) is 38.7 Å². The van der Waals surface area contributed by atoms with Gasteiger partial charge < -0.3 is 14.6 Å². The van der Waals surface area contributed by atoms with Gasteiger partial charge in [-0.05, 0) is 13.8 Å². The van der Waals surface area contributed by atoms with E-state index < -0.39 is 6.10 Å². The molecule has 0 amide bonds. The van der Waals surface area contributed by atoms with E-state index in [-0.39, 0.29) is 5.60 Å². The van der Waals surface area contributed by atoms with E-state index in [1.807, 2.05) is 12.1 Å². The van der Waals surface area contributed by atoms with Gasteiger partial charge in [-0.3, -0.25) is 0 Å². The molecule has 1 aromatic rings. The fraction of sp³-hybridized carbons (Fsp3) is 0.538. The van der Waals surface area contributed by atoms with Crippen molar-refractivity contribution in [2.24, 2.45) is 0 Å². The second-order valence-corrected chi connectivity index (χ2v) is 5.16. The lowest BCUT2D eigenvalue weighted by molar-refractivity contribution is 0.101. The van der Waals surface area contributed by atoms with Crippen LogP contribution in [0.4, 0.5) is 0 Å².